The smallest absolute Gasteiger partial charge is 0.119 e. The highest BCUT2D eigenvalue weighted by atomic mass is 33.1. The molecule has 2 aliphatic heterocycles. The van der Waals surface area contributed by atoms with E-state index in [9.17, 15) is 0 Å². The molecule has 0 aromatic rings. The Bertz CT molecular complexity index is 253. The van der Waals surface area contributed by atoms with Crippen LogP contribution in [0.1, 0.15) is 26.7 Å². The van der Waals surface area contributed by atoms with Crippen LogP contribution in [0.3, 0.4) is 0 Å². The van der Waals surface area contributed by atoms with Crippen LogP contribution in [0.2, 0.25) is 0 Å². The second kappa shape index (κ2) is 4.96. The third-order valence-corrected chi connectivity index (χ3v) is 5.64. The minimum atomic E-state index is 0.00730. The van der Waals surface area contributed by atoms with Crippen LogP contribution in [0.5, 0.6) is 0 Å². The van der Waals surface area contributed by atoms with E-state index in [2.05, 4.69) is 26.0 Å². The summed E-state index contributed by atoms with van der Waals surface area (Å²) in [5, 5.41) is 0. The van der Waals surface area contributed by atoms with Crippen molar-refractivity contribution >= 4 is 21.6 Å². The molecule has 2 atom stereocenters. The lowest BCUT2D eigenvalue weighted by Gasteiger charge is -2.25. The highest BCUT2D eigenvalue weighted by Gasteiger charge is 2.30. The van der Waals surface area contributed by atoms with Crippen LogP contribution in [-0.4, -0.2) is 22.7 Å². The minimum Gasteiger partial charge on any atom is -0.494 e. The van der Waals surface area contributed by atoms with Gasteiger partial charge in [-0.1, -0.05) is 21.6 Å². The fourth-order valence-electron chi connectivity index (χ4n) is 1.63. The summed E-state index contributed by atoms with van der Waals surface area (Å²) in [5.74, 6) is 2.04. The number of hydrogen-bond acceptors (Lipinski definition) is 4. The van der Waals surface area contributed by atoms with Crippen molar-refractivity contribution in [1.82, 2.24) is 0 Å². The summed E-state index contributed by atoms with van der Waals surface area (Å²) >= 11 is 0. The zero-order valence-electron chi connectivity index (χ0n) is 9.77. The van der Waals surface area contributed by atoms with E-state index in [1.165, 1.54) is 0 Å². The Morgan fingerprint density at radius 1 is 0.938 bits per heavy atom. The van der Waals surface area contributed by atoms with Gasteiger partial charge in [0.05, 0.1) is 12.5 Å². The molecule has 0 saturated heterocycles. The van der Waals surface area contributed by atoms with Crippen LogP contribution < -0.4 is 0 Å². The van der Waals surface area contributed by atoms with Crippen LogP contribution in [0.15, 0.2) is 24.7 Å². The minimum absolute atomic E-state index is 0.00730. The molecular weight excluding hydrogens is 240 g/mol. The average Bonchev–Trinajstić information content (AvgIpc) is 2.84. The lowest BCUT2D eigenvalue weighted by atomic mass is 10.1. The van der Waals surface area contributed by atoms with Crippen molar-refractivity contribution in [3.05, 3.63) is 24.7 Å². The van der Waals surface area contributed by atoms with Crippen LogP contribution >= 0.6 is 21.6 Å². The molecular formula is C12H18O2S2. The van der Waals surface area contributed by atoms with Gasteiger partial charge in [0.1, 0.15) is 11.2 Å². The zero-order valence-corrected chi connectivity index (χ0v) is 11.4. The van der Waals surface area contributed by atoms with Gasteiger partial charge < -0.3 is 9.47 Å². The molecule has 90 valence electrons. The maximum atomic E-state index is 5.58. The molecule has 2 unspecified atom stereocenters. The fourth-order valence-corrected chi connectivity index (χ4v) is 4.67. The summed E-state index contributed by atoms with van der Waals surface area (Å²) < 4.78 is 11.2. The number of hydrogen-bond donors (Lipinski definition) is 0. The molecule has 4 heteroatoms. The molecule has 2 heterocycles. The van der Waals surface area contributed by atoms with Crippen molar-refractivity contribution in [2.24, 2.45) is 0 Å². The number of ether oxygens (including phenoxy) is 2. The molecule has 0 fully saturated rings. The van der Waals surface area contributed by atoms with Crippen molar-refractivity contribution in [2.45, 2.75) is 37.9 Å². The van der Waals surface area contributed by atoms with E-state index in [0.717, 1.165) is 24.3 Å². The number of rotatable bonds is 5. The van der Waals surface area contributed by atoms with Crippen molar-refractivity contribution in [1.29, 1.82) is 0 Å². The van der Waals surface area contributed by atoms with Gasteiger partial charge in [-0.3, -0.25) is 0 Å². The molecule has 2 rings (SSSR count). The summed E-state index contributed by atoms with van der Waals surface area (Å²) in [5.41, 5.74) is 0.0146. The molecule has 0 aromatic heterocycles. The van der Waals surface area contributed by atoms with Gasteiger partial charge in [0, 0.05) is 24.3 Å². The first-order chi connectivity index (χ1) is 7.62. The quantitative estimate of drug-likeness (QED) is 0.552. The molecule has 0 N–H and O–H groups in total. The predicted octanol–water partition coefficient (Wildman–Crippen LogP) is 3.75. The predicted molar refractivity (Wildman–Crippen MR) is 71.4 cm³/mol. The van der Waals surface area contributed by atoms with Gasteiger partial charge in [-0.15, -0.1) is 0 Å². The molecule has 2 aliphatic rings. The molecule has 0 bridgehead atoms. The van der Waals surface area contributed by atoms with Gasteiger partial charge in [0.25, 0.3) is 0 Å². The van der Waals surface area contributed by atoms with E-state index in [0.29, 0.717) is 0 Å². The van der Waals surface area contributed by atoms with E-state index < -0.39 is 0 Å². The van der Waals surface area contributed by atoms with Gasteiger partial charge in [-0.25, -0.2) is 0 Å². The van der Waals surface area contributed by atoms with Crippen LogP contribution in [0.4, 0.5) is 0 Å². The van der Waals surface area contributed by atoms with Gasteiger partial charge in [0.15, 0.2) is 0 Å². The lowest BCUT2D eigenvalue weighted by molar-refractivity contribution is 0.0869. The molecule has 0 saturated carbocycles. The third kappa shape index (κ3) is 3.14. The van der Waals surface area contributed by atoms with E-state index >= 15 is 0 Å². The standard InChI is InChI=1S/C12H18O2S2/c1-11(5-3-7-13-11)9-15-16-10-12(2)6-4-8-14-12/h3-4,7-8H,5-6,9-10H2,1-2H3. The maximum absolute atomic E-state index is 5.58. The summed E-state index contributed by atoms with van der Waals surface area (Å²) in [7, 11) is 3.76. The van der Waals surface area contributed by atoms with E-state index in [1.54, 1.807) is 0 Å². The van der Waals surface area contributed by atoms with Crippen LogP contribution in [0.25, 0.3) is 0 Å². The van der Waals surface area contributed by atoms with Gasteiger partial charge in [0.2, 0.25) is 0 Å². The lowest BCUT2D eigenvalue weighted by Crippen LogP contribution is -2.27. The Balaban J connectivity index is 1.62. The van der Waals surface area contributed by atoms with Crippen molar-refractivity contribution in [3.8, 4) is 0 Å². The second-order valence-corrected chi connectivity index (χ2v) is 7.27. The molecule has 2 nitrogen and oxygen atoms in total. The normalized spacial score (nSPS) is 36.4. The Kier molecular flexibility index (Phi) is 3.80. The SMILES string of the molecule is CC1(CSSCC2(C)CC=CO2)CC=CO1. The third-order valence-electron chi connectivity index (χ3n) is 2.81. The second-order valence-electron chi connectivity index (χ2n) is 4.81. The molecule has 0 aliphatic carbocycles. The largest absolute Gasteiger partial charge is 0.494 e. The van der Waals surface area contributed by atoms with Crippen molar-refractivity contribution in [3.63, 3.8) is 0 Å². The Morgan fingerprint density at radius 3 is 1.69 bits per heavy atom. The van der Waals surface area contributed by atoms with E-state index in [-0.39, 0.29) is 11.2 Å². The summed E-state index contributed by atoms with van der Waals surface area (Å²) in [4.78, 5) is 0. The summed E-state index contributed by atoms with van der Waals surface area (Å²) in [6, 6.07) is 0. The van der Waals surface area contributed by atoms with Crippen LogP contribution in [0, 0.1) is 0 Å². The Hall–Kier alpha value is -0.220. The fraction of sp³-hybridized carbons (Fsp3) is 0.667. The van der Waals surface area contributed by atoms with Crippen molar-refractivity contribution in [2.75, 3.05) is 11.5 Å². The topological polar surface area (TPSA) is 18.5 Å². The van der Waals surface area contributed by atoms with E-state index in [1.807, 2.05) is 34.1 Å². The monoisotopic (exact) mass is 258 g/mol. The van der Waals surface area contributed by atoms with E-state index in [4.69, 9.17) is 9.47 Å². The first-order valence-corrected chi connectivity index (χ1v) is 8.01. The first kappa shape index (κ1) is 12.2. The zero-order chi connectivity index (χ0) is 11.5. The Labute approximate surface area is 105 Å². The van der Waals surface area contributed by atoms with Gasteiger partial charge >= 0.3 is 0 Å². The maximum Gasteiger partial charge on any atom is 0.119 e. The first-order valence-electron chi connectivity index (χ1n) is 5.52. The van der Waals surface area contributed by atoms with Crippen molar-refractivity contribution < 1.29 is 9.47 Å². The average molecular weight is 258 g/mol. The molecule has 16 heavy (non-hydrogen) atoms. The molecule has 0 radical (unpaired) electrons. The van der Waals surface area contributed by atoms with Crippen LogP contribution in [-0.2, 0) is 9.47 Å². The summed E-state index contributed by atoms with van der Waals surface area (Å²) in [6.45, 7) is 4.33. The van der Waals surface area contributed by atoms with Gasteiger partial charge in [-0.05, 0) is 26.0 Å². The molecule has 0 aromatic carbocycles. The molecule has 0 spiro atoms. The highest BCUT2D eigenvalue weighted by Crippen LogP contribution is 2.36. The molecule has 0 amide bonds. The highest BCUT2D eigenvalue weighted by molar-refractivity contribution is 8.76. The summed E-state index contributed by atoms with van der Waals surface area (Å²) in [6.07, 6.45) is 9.87. The Morgan fingerprint density at radius 2 is 1.38 bits per heavy atom. The van der Waals surface area contributed by atoms with Gasteiger partial charge in [-0.2, -0.15) is 0 Å².